The molecule has 0 aliphatic carbocycles. The molecule has 0 saturated carbocycles. The minimum atomic E-state index is -0.0139. The average Bonchev–Trinajstić information content (AvgIpc) is 2.62. The minimum absolute atomic E-state index is 0.0139. The van der Waals surface area contributed by atoms with Crippen LogP contribution < -0.4 is 5.32 Å². The van der Waals surface area contributed by atoms with Gasteiger partial charge in [0.1, 0.15) is 5.82 Å². The number of morpholine rings is 1. The lowest BCUT2D eigenvalue weighted by atomic mass is 10.2. The lowest BCUT2D eigenvalue weighted by molar-refractivity contribution is 0.0303. The summed E-state index contributed by atoms with van der Waals surface area (Å²) >= 11 is 5.89. The largest absolute Gasteiger partial charge is 0.378 e. The van der Waals surface area contributed by atoms with Crippen LogP contribution in [0, 0.1) is 0 Å². The third kappa shape index (κ3) is 4.00. The lowest BCUT2D eigenvalue weighted by Gasteiger charge is -2.27. The van der Waals surface area contributed by atoms with Crippen molar-refractivity contribution in [2.24, 2.45) is 0 Å². The van der Waals surface area contributed by atoms with Crippen molar-refractivity contribution in [2.45, 2.75) is 6.54 Å². The van der Waals surface area contributed by atoms with Crippen molar-refractivity contribution in [3.63, 3.8) is 0 Å². The van der Waals surface area contributed by atoms with E-state index in [1.165, 1.54) is 0 Å². The summed E-state index contributed by atoms with van der Waals surface area (Å²) < 4.78 is 5.30. The van der Waals surface area contributed by atoms with Crippen LogP contribution in [-0.2, 0) is 11.3 Å². The van der Waals surface area contributed by atoms with Crippen molar-refractivity contribution < 1.29 is 9.53 Å². The van der Waals surface area contributed by atoms with Gasteiger partial charge in [-0.2, -0.15) is 0 Å². The SMILES string of the molecule is O=C(c1cccnc1NCc1ccc(Cl)cc1)N1CCOCC1. The van der Waals surface area contributed by atoms with Crippen LogP contribution in [0.3, 0.4) is 0 Å². The molecule has 3 rings (SSSR count). The molecule has 1 aliphatic rings. The molecule has 2 aromatic rings. The molecule has 1 N–H and O–H groups in total. The number of amides is 1. The number of pyridine rings is 1. The summed E-state index contributed by atoms with van der Waals surface area (Å²) in [7, 11) is 0. The molecule has 0 atom stereocenters. The van der Waals surface area contributed by atoms with E-state index in [0.29, 0.717) is 49.3 Å². The number of ether oxygens (including phenoxy) is 1. The van der Waals surface area contributed by atoms with Gasteiger partial charge in [-0.3, -0.25) is 4.79 Å². The van der Waals surface area contributed by atoms with Gasteiger partial charge < -0.3 is 15.0 Å². The van der Waals surface area contributed by atoms with E-state index in [-0.39, 0.29) is 5.91 Å². The molecule has 6 heteroatoms. The maximum absolute atomic E-state index is 12.6. The zero-order valence-electron chi connectivity index (χ0n) is 12.7. The van der Waals surface area contributed by atoms with Crippen LogP contribution in [0.25, 0.3) is 0 Å². The number of anilines is 1. The zero-order chi connectivity index (χ0) is 16.1. The maximum atomic E-state index is 12.6. The predicted octanol–water partition coefficient (Wildman–Crippen LogP) is 2.82. The molecular weight excluding hydrogens is 314 g/mol. The Kier molecular flexibility index (Phi) is 5.10. The standard InChI is InChI=1S/C17H18ClN3O2/c18-14-5-3-13(4-6-14)12-20-16-15(2-1-7-19-16)17(22)21-8-10-23-11-9-21/h1-7H,8-12H2,(H,19,20). The Morgan fingerprint density at radius 1 is 1.22 bits per heavy atom. The lowest BCUT2D eigenvalue weighted by Crippen LogP contribution is -2.41. The van der Waals surface area contributed by atoms with Crippen molar-refractivity contribution in [1.29, 1.82) is 0 Å². The minimum Gasteiger partial charge on any atom is -0.378 e. The Morgan fingerprint density at radius 3 is 2.70 bits per heavy atom. The summed E-state index contributed by atoms with van der Waals surface area (Å²) in [5.41, 5.74) is 1.66. The highest BCUT2D eigenvalue weighted by Crippen LogP contribution is 2.17. The fraction of sp³-hybridized carbons (Fsp3) is 0.294. The van der Waals surface area contributed by atoms with Gasteiger partial charge in [0.2, 0.25) is 0 Å². The summed E-state index contributed by atoms with van der Waals surface area (Å²) in [5.74, 6) is 0.582. The number of halogens is 1. The Labute approximate surface area is 140 Å². The topological polar surface area (TPSA) is 54.5 Å². The summed E-state index contributed by atoms with van der Waals surface area (Å²) in [6, 6.07) is 11.2. The van der Waals surface area contributed by atoms with Gasteiger partial charge in [-0.1, -0.05) is 23.7 Å². The van der Waals surface area contributed by atoms with Gasteiger partial charge in [0.15, 0.2) is 0 Å². The smallest absolute Gasteiger partial charge is 0.257 e. The third-order valence-corrected chi connectivity index (χ3v) is 3.96. The Balaban J connectivity index is 1.72. The van der Waals surface area contributed by atoms with Crippen LogP contribution in [0.5, 0.6) is 0 Å². The van der Waals surface area contributed by atoms with E-state index >= 15 is 0 Å². The molecule has 0 unspecified atom stereocenters. The van der Waals surface area contributed by atoms with Crippen molar-refractivity contribution >= 4 is 23.3 Å². The van der Waals surface area contributed by atoms with Crippen LogP contribution in [0.4, 0.5) is 5.82 Å². The van der Waals surface area contributed by atoms with E-state index in [1.54, 1.807) is 23.2 Å². The molecule has 1 saturated heterocycles. The second-order valence-corrected chi connectivity index (χ2v) is 5.72. The summed E-state index contributed by atoms with van der Waals surface area (Å²) in [4.78, 5) is 18.8. The number of benzene rings is 1. The first kappa shape index (κ1) is 15.8. The summed E-state index contributed by atoms with van der Waals surface area (Å²) in [6.45, 7) is 2.98. The van der Waals surface area contributed by atoms with Gasteiger partial charge in [-0.25, -0.2) is 4.98 Å². The molecule has 0 radical (unpaired) electrons. The van der Waals surface area contributed by atoms with Gasteiger partial charge >= 0.3 is 0 Å². The molecule has 23 heavy (non-hydrogen) atoms. The highest BCUT2D eigenvalue weighted by molar-refractivity contribution is 6.30. The molecular formula is C17H18ClN3O2. The van der Waals surface area contributed by atoms with E-state index in [1.807, 2.05) is 24.3 Å². The fourth-order valence-electron chi connectivity index (χ4n) is 2.44. The highest BCUT2D eigenvalue weighted by atomic mass is 35.5. The average molecular weight is 332 g/mol. The molecule has 2 heterocycles. The molecule has 0 bridgehead atoms. The van der Waals surface area contributed by atoms with Crippen LogP contribution >= 0.6 is 11.6 Å². The maximum Gasteiger partial charge on any atom is 0.257 e. The van der Waals surface area contributed by atoms with E-state index in [0.717, 1.165) is 5.56 Å². The van der Waals surface area contributed by atoms with Gasteiger partial charge in [0.25, 0.3) is 5.91 Å². The second-order valence-electron chi connectivity index (χ2n) is 5.28. The van der Waals surface area contributed by atoms with E-state index in [4.69, 9.17) is 16.3 Å². The fourth-order valence-corrected chi connectivity index (χ4v) is 2.57. The highest BCUT2D eigenvalue weighted by Gasteiger charge is 2.21. The number of rotatable bonds is 4. The molecule has 1 aliphatic heterocycles. The van der Waals surface area contributed by atoms with E-state index < -0.39 is 0 Å². The van der Waals surface area contributed by atoms with Crippen LogP contribution in [-0.4, -0.2) is 42.1 Å². The first-order chi connectivity index (χ1) is 11.2. The van der Waals surface area contributed by atoms with E-state index in [2.05, 4.69) is 10.3 Å². The summed E-state index contributed by atoms with van der Waals surface area (Å²) in [6.07, 6.45) is 1.68. The number of aromatic nitrogens is 1. The van der Waals surface area contributed by atoms with Gasteiger partial charge in [-0.05, 0) is 29.8 Å². The van der Waals surface area contributed by atoms with Crippen molar-refractivity contribution in [2.75, 3.05) is 31.6 Å². The van der Waals surface area contributed by atoms with Gasteiger partial charge in [0.05, 0.1) is 18.8 Å². The van der Waals surface area contributed by atoms with Crippen molar-refractivity contribution in [3.05, 3.63) is 58.7 Å². The molecule has 0 spiro atoms. The molecule has 5 nitrogen and oxygen atoms in total. The number of nitrogens with zero attached hydrogens (tertiary/aromatic N) is 2. The second kappa shape index (κ2) is 7.44. The van der Waals surface area contributed by atoms with Gasteiger partial charge in [0, 0.05) is 30.9 Å². The Morgan fingerprint density at radius 2 is 1.96 bits per heavy atom. The Bertz CT molecular complexity index is 670. The van der Waals surface area contributed by atoms with Crippen molar-refractivity contribution in [1.82, 2.24) is 9.88 Å². The van der Waals surface area contributed by atoms with E-state index in [9.17, 15) is 4.79 Å². The van der Waals surface area contributed by atoms with Crippen molar-refractivity contribution in [3.8, 4) is 0 Å². The normalized spacial score (nSPS) is 14.6. The number of carbonyl (C=O) groups excluding carboxylic acids is 1. The third-order valence-electron chi connectivity index (χ3n) is 3.71. The van der Waals surface area contributed by atoms with Gasteiger partial charge in [-0.15, -0.1) is 0 Å². The number of nitrogens with one attached hydrogen (secondary N) is 1. The van der Waals surface area contributed by atoms with Crippen LogP contribution in [0.1, 0.15) is 15.9 Å². The predicted molar refractivity (Wildman–Crippen MR) is 89.7 cm³/mol. The molecule has 1 fully saturated rings. The molecule has 1 aromatic carbocycles. The zero-order valence-corrected chi connectivity index (χ0v) is 13.4. The molecule has 120 valence electrons. The number of hydrogen-bond donors (Lipinski definition) is 1. The van der Waals surface area contributed by atoms with Crippen LogP contribution in [0.15, 0.2) is 42.6 Å². The molecule has 1 aromatic heterocycles. The summed E-state index contributed by atoms with van der Waals surface area (Å²) in [5, 5.41) is 3.94. The Hall–Kier alpha value is -2.11. The number of hydrogen-bond acceptors (Lipinski definition) is 4. The quantitative estimate of drug-likeness (QED) is 0.936. The molecule has 1 amide bonds. The van der Waals surface area contributed by atoms with Crippen LogP contribution in [0.2, 0.25) is 5.02 Å². The first-order valence-corrected chi connectivity index (χ1v) is 7.92. The monoisotopic (exact) mass is 331 g/mol. The number of carbonyl (C=O) groups is 1. The first-order valence-electron chi connectivity index (χ1n) is 7.54.